The molecule has 0 aliphatic rings. The smallest absolute Gasteiger partial charge is 0.387 e. The molecule has 0 aromatic heterocycles. The van der Waals surface area contributed by atoms with E-state index in [9.17, 15) is 19.4 Å². The van der Waals surface area contributed by atoms with Crippen LogP contribution in [0.3, 0.4) is 0 Å². The molecule has 0 spiro atoms. The molecule has 3 N–H and O–H groups in total. The first kappa shape index (κ1) is 82.2. The molecule has 0 radical (unpaired) electrons. The number of carbonyl (C=O) groups is 1. The Balaban J connectivity index is 4.07. The summed E-state index contributed by atoms with van der Waals surface area (Å²) in [7, 11) is 1.56. The Hall–Kier alpha value is -1.80. The van der Waals surface area contributed by atoms with Crippen LogP contribution in [0.15, 0.2) is 60.8 Å². The van der Waals surface area contributed by atoms with Gasteiger partial charge in [-0.3, -0.25) is 13.8 Å². The van der Waals surface area contributed by atoms with E-state index >= 15 is 0 Å². The summed E-state index contributed by atoms with van der Waals surface area (Å²) in [4.78, 5) is 23.4. The van der Waals surface area contributed by atoms with Gasteiger partial charge in [0.05, 0.1) is 39.9 Å². The molecular weight excluding hydrogens is 1060 g/mol. The van der Waals surface area contributed by atoms with Crippen molar-refractivity contribution in [3.8, 4) is 0 Å². The molecule has 0 rings (SSSR count). The summed E-state index contributed by atoms with van der Waals surface area (Å²) in [6, 6.07) is -0.872. The van der Waals surface area contributed by atoms with Gasteiger partial charge in [-0.1, -0.05) is 338 Å². The van der Waals surface area contributed by atoms with E-state index in [1.54, 1.807) is 6.08 Å². The number of hydrogen-bond donors (Lipinski definition) is 3. The van der Waals surface area contributed by atoms with Gasteiger partial charge in [0, 0.05) is 6.42 Å². The summed E-state index contributed by atoms with van der Waals surface area (Å²) in [6.07, 6.45) is 91.1. The van der Waals surface area contributed by atoms with Crippen molar-refractivity contribution in [3.05, 3.63) is 60.8 Å². The van der Waals surface area contributed by atoms with Crippen molar-refractivity contribution in [2.45, 2.75) is 373 Å². The number of likely N-dealkylation sites (N-methyl/N-ethyl adjacent to an activating group) is 1. The molecule has 84 heavy (non-hydrogen) atoms. The first-order chi connectivity index (χ1) is 41.0. The SMILES string of the molecule is CCCCCCC/C=C\C/C=C\CCCCCCCCCCCCCCCCCCCCCCCC(=O)NC(COP(=O)(O)OCC[N+](C)(C)C)C(O)/C=C/CC/C=C/CC/C=C/CCCCCCCCCCCCCCCCCCCCC. The number of carbonyl (C=O) groups excluding carboxylic acids is 1. The lowest BCUT2D eigenvalue weighted by Crippen LogP contribution is -2.45. The third-order valence-corrected chi connectivity index (χ3v) is 17.7. The zero-order valence-electron chi connectivity index (χ0n) is 56.7. The van der Waals surface area contributed by atoms with Crippen molar-refractivity contribution < 1.29 is 32.9 Å². The largest absolute Gasteiger partial charge is 0.472 e. The normalized spacial score (nSPS) is 13.9. The molecule has 0 saturated carbocycles. The summed E-state index contributed by atoms with van der Waals surface area (Å²) < 4.78 is 23.8. The van der Waals surface area contributed by atoms with E-state index in [2.05, 4.69) is 67.8 Å². The quantitative estimate of drug-likeness (QED) is 0.0243. The minimum Gasteiger partial charge on any atom is -0.387 e. The van der Waals surface area contributed by atoms with Gasteiger partial charge in [-0.2, -0.15) is 0 Å². The Morgan fingerprint density at radius 3 is 1.02 bits per heavy atom. The van der Waals surface area contributed by atoms with Crippen LogP contribution in [0, 0.1) is 0 Å². The van der Waals surface area contributed by atoms with Gasteiger partial charge < -0.3 is 19.8 Å². The fraction of sp³-hybridized carbons (Fsp3) is 0.853. The van der Waals surface area contributed by atoms with Crippen LogP contribution in [0.1, 0.15) is 361 Å². The number of phosphoric ester groups is 1. The summed E-state index contributed by atoms with van der Waals surface area (Å²) >= 11 is 0. The monoisotopic (exact) mass is 1200 g/mol. The van der Waals surface area contributed by atoms with Crippen LogP contribution >= 0.6 is 7.82 Å². The van der Waals surface area contributed by atoms with E-state index in [1.807, 2.05) is 27.2 Å². The number of allylic oxidation sites excluding steroid dienone is 9. The maximum absolute atomic E-state index is 13.1. The lowest BCUT2D eigenvalue weighted by molar-refractivity contribution is -0.870. The summed E-state index contributed by atoms with van der Waals surface area (Å²) in [6.45, 7) is 4.83. The average Bonchev–Trinajstić information content (AvgIpc) is 3.56. The summed E-state index contributed by atoms with van der Waals surface area (Å²) in [5, 5.41) is 14.0. The van der Waals surface area contributed by atoms with Crippen LogP contribution in [0.5, 0.6) is 0 Å². The van der Waals surface area contributed by atoms with Crippen LogP contribution in [0.4, 0.5) is 0 Å². The fourth-order valence-electron chi connectivity index (χ4n) is 11.0. The Morgan fingerprint density at radius 2 is 0.690 bits per heavy atom. The fourth-order valence-corrected chi connectivity index (χ4v) is 11.7. The first-order valence-electron chi connectivity index (χ1n) is 36.7. The van der Waals surface area contributed by atoms with Gasteiger partial charge in [0.25, 0.3) is 0 Å². The van der Waals surface area contributed by atoms with Crippen LogP contribution in [-0.2, 0) is 18.4 Å². The molecule has 0 saturated heterocycles. The van der Waals surface area contributed by atoms with Gasteiger partial charge in [0.2, 0.25) is 5.91 Å². The number of nitrogens with one attached hydrogen (secondary N) is 1. The van der Waals surface area contributed by atoms with Gasteiger partial charge in [-0.05, 0) is 77.0 Å². The van der Waals surface area contributed by atoms with Crippen molar-refractivity contribution >= 4 is 13.7 Å². The van der Waals surface area contributed by atoms with E-state index in [-0.39, 0.29) is 19.1 Å². The first-order valence-corrected chi connectivity index (χ1v) is 38.2. The highest BCUT2D eigenvalue weighted by Crippen LogP contribution is 2.43. The molecule has 8 nitrogen and oxygen atoms in total. The molecule has 0 aromatic carbocycles. The topological polar surface area (TPSA) is 105 Å². The molecule has 0 aliphatic heterocycles. The van der Waals surface area contributed by atoms with Gasteiger partial charge in [0.15, 0.2) is 0 Å². The highest BCUT2D eigenvalue weighted by Gasteiger charge is 2.28. The number of aliphatic hydroxyl groups excluding tert-OH is 1. The minimum atomic E-state index is -4.37. The lowest BCUT2D eigenvalue weighted by atomic mass is 10.0. The van der Waals surface area contributed by atoms with Crippen molar-refractivity contribution in [1.82, 2.24) is 5.32 Å². The number of unbranched alkanes of at least 4 members (excludes halogenated alkanes) is 47. The van der Waals surface area contributed by atoms with E-state index in [1.165, 1.54) is 289 Å². The highest BCUT2D eigenvalue weighted by molar-refractivity contribution is 7.47. The number of phosphoric acid groups is 1. The van der Waals surface area contributed by atoms with Gasteiger partial charge in [-0.25, -0.2) is 4.57 Å². The van der Waals surface area contributed by atoms with Crippen molar-refractivity contribution in [3.63, 3.8) is 0 Å². The van der Waals surface area contributed by atoms with E-state index in [4.69, 9.17) is 9.05 Å². The molecule has 0 heterocycles. The number of amides is 1. The molecule has 0 bridgehead atoms. The Labute approximate surface area is 523 Å². The maximum atomic E-state index is 13.1. The molecule has 0 aromatic rings. The maximum Gasteiger partial charge on any atom is 0.472 e. The number of rotatable bonds is 68. The van der Waals surface area contributed by atoms with E-state index in [0.29, 0.717) is 17.4 Å². The third-order valence-electron chi connectivity index (χ3n) is 16.7. The Morgan fingerprint density at radius 1 is 0.405 bits per heavy atom. The predicted octanol–water partition coefficient (Wildman–Crippen LogP) is 23.6. The lowest BCUT2D eigenvalue weighted by Gasteiger charge is -2.25. The van der Waals surface area contributed by atoms with Crippen molar-refractivity contribution in [1.29, 1.82) is 0 Å². The summed E-state index contributed by atoms with van der Waals surface area (Å²) in [5.74, 6) is -0.185. The number of quaternary nitrogens is 1. The van der Waals surface area contributed by atoms with Crippen LogP contribution in [0.25, 0.3) is 0 Å². The molecule has 9 heteroatoms. The predicted molar refractivity (Wildman–Crippen MR) is 369 cm³/mol. The summed E-state index contributed by atoms with van der Waals surface area (Å²) in [5.41, 5.74) is 0. The van der Waals surface area contributed by atoms with Crippen LogP contribution < -0.4 is 5.32 Å². The number of nitrogens with zero attached hydrogens (tertiary/aromatic N) is 1. The molecule has 0 aliphatic carbocycles. The van der Waals surface area contributed by atoms with Gasteiger partial charge in [-0.15, -0.1) is 0 Å². The number of hydrogen-bond acceptors (Lipinski definition) is 5. The zero-order chi connectivity index (χ0) is 61.2. The van der Waals surface area contributed by atoms with Gasteiger partial charge in [0.1, 0.15) is 13.2 Å². The Kier molecular flexibility index (Phi) is 64.2. The molecule has 3 atom stereocenters. The second-order valence-corrected chi connectivity index (χ2v) is 27.8. The molecule has 1 amide bonds. The van der Waals surface area contributed by atoms with Crippen molar-refractivity contribution in [2.75, 3.05) is 40.9 Å². The van der Waals surface area contributed by atoms with Gasteiger partial charge >= 0.3 is 7.82 Å². The van der Waals surface area contributed by atoms with Crippen LogP contribution in [0.2, 0.25) is 0 Å². The molecular formula is C75H144N2O6P+. The molecule has 3 unspecified atom stereocenters. The molecule has 0 fully saturated rings. The van der Waals surface area contributed by atoms with Crippen LogP contribution in [-0.4, -0.2) is 73.4 Å². The third kappa shape index (κ3) is 67.7. The van der Waals surface area contributed by atoms with Crippen molar-refractivity contribution in [2.24, 2.45) is 0 Å². The second-order valence-electron chi connectivity index (χ2n) is 26.3. The average molecular weight is 1200 g/mol. The second kappa shape index (κ2) is 65.6. The molecule has 494 valence electrons. The van der Waals surface area contributed by atoms with E-state index in [0.717, 1.165) is 51.4 Å². The standard InChI is InChI=1S/C75H143N2O6P/c1-6-8-10-12-14-16-18-20-22-24-26-28-30-32-34-36-37-38-39-41-43-45-47-49-51-53-55-57-59-61-63-65-67-69-75(79)76-73(72-83-84(80,81)82-71-70-77(3,4)5)74(78)68-66-64-62-60-58-56-54-52-50-48-46-44-42-40-35-33-31-29-27-25-23-21-19-17-15-13-11-9-7-2/h18,20,24,26,50,52,58,60,66,68,73-74,78H,6-17,19,21-23,25,27-49,51,53-57,59,61-65,67,69-72H2,1-5H3,(H-,76,79,80,81)/p+1/b20-18-,26-24-,52-50+,60-58+,68-66+. The van der Waals surface area contributed by atoms with E-state index < -0.39 is 20.0 Å². The highest BCUT2D eigenvalue weighted by atomic mass is 31.2. The Bertz CT molecular complexity index is 1550. The number of aliphatic hydroxyl groups is 1. The minimum absolute atomic E-state index is 0.0538. The zero-order valence-corrected chi connectivity index (χ0v) is 57.5.